The molecule has 2 unspecified atom stereocenters. The zero-order valence-corrected chi connectivity index (χ0v) is 11.5. The summed E-state index contributed by atoms with van der Waals surface area (Å²) in [5.74, 6) is 0.189. The van der Waals surface area contributed by atoms with Crippen LogP contribution in [-0.4, -0.2) is 61.6 Å². The highest BCUT2D eigenvalue weighted by Gasteiger charge is 2.23. The number of hydrogen-bond acceptors (Lipinski definition) is 4. The zero-order chi connectivity index (χ0) is 13.7. The molecule has 19 heavy (non-hydrogen) atoms. The van der Waals surface area contributed by atoms with Gasteiger partial charge in [-0.05, 0) is 13.3 Å². The molecule has 2 N–H and O–H groups in total. The number of ether oxygens (including phenoxy) is 1. The van der Waals surface area contributed by atoms with Gasteiger partial charge in [0.25, 0.3) is 0 Å². The van der Waals surface area contributed by atoms with Gasteiger partial charge in [0, 0.05) is 38.6 Å². The Hall–Kier alpha value is -1.14. The van der Waals surface area contributed by atoms with Crippen LogP contribution in [0.5, 0.6) is 0 Å². The smallest absolute Gasteiger partial charge is 0.222 e. The molecular formula is C13H23N3O3. The van der Waals surface area contributed by atoms with E-state index in [1.165, 1.54) is 0 Å². The number of likely N-dealkylation sites (tertiary alicyclic amines) is 1. The SMILES string of the molecule is CC(CN1CCCC1=O)NC(=O)CC1CNCCO1. The summed E-state index contributed by atoms with van der Waals surface area (Å²) in [6, 6.07) is -0.00824. The van der Waals surface area contributed by atoms with Gasteiger partial charge in [0.2, 0.25) is 11.8 Å². The molecule has 0 bridgehead atoms. The van der Waals surface area contributed by atoms with Crippen LogP contribution < -0.4 is 10.6 Å². The highest BCUT2D eigenvalue weighted by atomic mass is 16.5. The van der Waals surface area contributed by atoms with Crippen LogP contribution in [0.25, 0.3) is 0 Å². The van der Waals surface area contributed by atoms with Crippen molar-refractivity contribution in [2.75, 3.05) is 32.8 Å². The molecule has 2 amide bonds. The van der Waals surface area contributed by atoms with Gasteiger partial charge in [0.1, 0.15) is 0 Å². The third-order valence-electron chi connectivity index (χ3n) is 3.49. The third kappa shape index (κ3) is 4.47. The Morgan fingerprint density at radius 3 is 3.11 bits per heavy atom. The number of amides is 2. The lowest BCUT2D eigenvalue weighted by Crippen LogP contribution is -2.45. The van der Waals surface area contributed by atoms with Crippen molar-refractivity contribution in [1.29, 1.82) is 0 Å². The van der Waals surface area contributed by atoms with Crippen LogP contribution in [0.15, 0.2) is 0 Å². The minimum atomic E-state index is -0.0330. The molecule has 2 saturated heterocycles. The third-order valence-corrected chi connectivity index (χ3v) is 3.49. The summed E-state index contributed by atoms with van der Waals surface area (Å²) in [5, 5.41) is 6.13. The second-order valence-corrected chi connectivity index (χ2v) is 5.31. The standard InChI is InChI=1S/C13H23N3O3/c1-10(9-16-5-2-3-13(16)18)15-12(17)7-11-8-14-4-6-19-11/h10-11,14H,2-9H2,1H3,(H,15,17). The average Bonchev–Trinajstić information content (AvgIpc) is 2.76. The number of nitrogens with zero attached hydrogens (tertiary/aromatic N) is 1. The first kappa shape index (κ1) is 14.3. The van der Waals surface area contributed by atoms with E-state index in [0.29, 0.717) is 26.0 Å². The van der Waals surface area contributed by atoms with E-state index in [1.807, 2.05) is 11.8 Å². The van der Waals surface area contributed by atoms with Gasteiger partial charge in [0.15, 0.2) is 0 Å². The van der Waals surface area contributed by atoms with E-state index in [1.54, 1.807) is 0 Å². The average molecular weight is 269 g/mol. The van der Waals surface area contributed by atoms with Gasteiger partial charge in [-0.2, -0.15) is 0 Å². The van der Waals surface area contributed by atoms with E-state index < -0.39 is 0 Å². The minimum absolute atomic E-state index is 0.00662. The predicted octanol–water partition coefficient (Wildman–Crippen LogP) is -0.508. The molecule has 0 saturated carbocycles. The Labute approximate surface area is 113 Å². The molecule has 108 valence electrons. The largest absolute Gasteiger partial charge is 0.375 e. The first-order valence-corrected chi connectivity index (χ1v) is 7.04. The topological polar surface area (TPSA) is 70.7 Å². The second-order valence-electron chi connectivity index (χ2n) is 5.31. The zero-order valence-electron chi connectivity index (χ0n) is 11.5. The number of morpholine rings is 1. The fourth-order valence-electron chi connectivity index (χ4n) is 2.56. The summed E-state index contributed by atoms with van der Waals surface area (Å²) < 4.78 is 5.49. The highest BCUT2D eigenvalue weighted by Crippen LogP contribution is 2.10. The molecular weight excluding hydrogens is 246 g/mol. The van der Waals surface area contributed by atoms with Crippen LogP contribution >= 0.6 is 0 Å². The summed E-state index contributed by atoms with van der Waals surface area (Å²) in [7, 11) is 0. The Bertz CT molecular complexity index is 329. The molecule has 2 aliphatic heterocycles. The van der Waals surface area contributed by atoms with E-state index >= 15 is 0 Å². The molecule has 0 aliphatic carbocycles. The molecule has 2 aliphatic rings. The van der Waals surface area contributed by atoms with Gasteiger partial charge in [-0.25, -0.2) is 0 Å². The minimum Gasteiger partial charge on any atom is -0.375 e. The van der Waals surface area contributed by atoms with Crippen molar-refractivity contribution in [3.05, 3.63) is 0 Å². The molecule has 2 rings (SSSR count). The van der Waals surface area contributed by atoms with Crippen LogP contribution in [0.2, 0.25) is 0 Å². The quantitative estimate of drug-likeness (QED) is 0.705. The highest BCUT2D eigenvalue weighted by molar-refractivity contribution is 5.79. The van der Waals surface area contributed by atoms with E-state index in [2.05, 4.69) is 10.6 Å². The molecule has 0 aromatic heterocycles. The Morgan fingerprint density at radius 2 is 2.47 bits per heavy atom. The summed E-state index contributed by atoms with van der Waals surface area (Å²) in [4.78, 5) is 25.2. The Balaban J connectivity index is 1.67. The lowest BCUT2D eigenvalue weighted by atomic mass is 10.2. The van der Waals surface area contributed by atoms with Gasteiger partial charge < -0.3 is 20.3 Å². The molecule has 0 radical (unpaired) electrons. The summed E-state index contributed by atoms with van der Waals surface area (Å²) in [6.45, 7) is 5.60. The van der Waals surface area contributed by atoms with E-state index in [-0.39, 0.29) is 24.0 Å². The molecule has 0 spiro atoms. The van der Waals surface area contributed by atoms with Gasteiger partial charge >= 0.3 is 0 Å². The number of nitrogens with one attached hydrogen (secondary N) is 2. The molecule has 2 atom stereocenters. The number of carbonyl (C=O) groups excluding carboxylic acids is 2. The number of rotatable bonds is 5. The fourth-order valence-corrected chi connectivity index (χ4v) is 2.56. The Kier molecular flexibility index (Phi) is 5.15. The fraction of sp³-hybridized carbons (Fsp3) is 0.846. The molecule has 6 heteroatoms. The Morgan fingerprint density at radius 1 is 1.63 bits per heavy atom. The van der Waals surface area contributed by atoms with Crippen LogP contribution in [0, 0.1) is 0 Å². The molecule has 0 aromatic rings. The van der Waals surface area contributed by atoms with Crippen molar-refractivity contribution in [1.82, 2.24) is 15.5 Å². The molecule has 0 aromatic carbocycles. The van der Waals surface area contributed by atoms with Crippen LogP contribution in [-0.2, 0) is 14.3 Å². The first-order valence-electron chi connectivity index (χ1n) is 7.04. The van der Waals surface area contributed by atoms with E-state index in [4.69, 9.17) is 4.74 Å². The molecule has 2 fully saturated rings. The van der Waals surface area contributed by atoms with Gasteiger partial charge in [-0.3, -0.25) is 9.59 Å². The van der Waals surface area contributed by atoms with Gasteiger partial charge in [-0.15, -0.1) is 0 Å². The second kappa shape index (κ2) is 6.86. The van der Waals surface area contributed by atoms with Crippen LogP contribution in [0.4, 0.5) is 0 Å². The monoisotopic (exact) mass is 269 g/mol. The normalized spacial score (nSPS) is 25.4. The van der Waals surface area contributed by atoms with Crippen molar-refractivity contribution in [2.24, 2.45) is 0 Å². The van der Waals surface area contributed by atoms with Crippen LogP contribution in [0.3, 0.4) is 0 Å². The van der Waals surface area contributed by atoms with Crippen molar-refractivity contribution >= 4 is 11.8 Å². The van der Waals surface area contributed by atoms with Crippen LogP contribution in [0.1, 0.15) is 26.2 Å². The van der Waals surface area contributed by atoms with Crippen molar-refractivity contribution < 1.29 is 14.3 Å². The van der Waals surface area contributed by atoms with Crippen molar-refractivity contribution in [2.45, 2.75) is 38.3 Å². The maximum atomic E-state index is 11.9. The number of hydrogen-bond donors (Lipinski definition) is 2. The first-order chi connectivity index (χ1) is 9.15. The van der Waals surface area contributed by atoms with Gasteiger partial charge in [0.05, 0.1) is 19.1 Å². The van der Waals surface area contributed by atoms with E-state index in [9.17, 15) is 9.59 Å². The maximum Gasteiger partial charge on any atom is 0.222 e. The predicted molar refractivity (Wildman–Crippen MR) is 70.6 cm³/mol. The van der Waals surface area contributed by atoms with Gasteiger partial charge in [-0.1, -0.05) is 0 Å². The lowest BCUT2D eigenvalue weighted by Gasteiger charge is -2.25. The number of carbonyl (C=O) groups is 2. The van der Waals surface area contributed by atoms with Crippen molar-refractivity contribution in [3.8, 4) is 0 Å². The summed E-state index contributed by atoms with van der Waals surface area (Å²) in [5.41, 5.74) is 0. The lowest BCUT2D eigenvalue weighted by molar-refractivity contribution is -0.129. The van der Waals surface area contributed by atoms with E-state index in [0.717, 1.165) is 26.1 Å². The summed E-state index contributed by atoms with van der Waals surface area (Å²) >= 11 is 0. The molecule has 6 nitrogen and oxygen atoms in total. The maximum absolute atomic E-state index is 11.9. The summed E-state index contributed by atoms with van der Waals surface area (Å²) in [6.07, 6.45) is 1.92. The molecule has 2 heterocycles. The van der Waals surface area contributed by atoms with Crippen molar-refractivity contribution in [3.63, 3.8) is 0 Å².